The van der Waals surface area contributed by atoms with Crippen molar-refractivity contribution in [3.05, 3.63) is 18.1 Å². The minimum absolute atomic E-state index is 0.947. The minimum atomic E-state index is 0.947. The molecule has 55 valence electrons. The van der Waals surface area contributed by atoms with Crippen molar-refractivity contribution >= 4 is 0 Å². The molecule has 0 aromatic carbocycles. The minimum Gasteiger partial charge on any atom is -0.0735 e. The first-order chi connectivity index (χ1) is 4.77. The summed E-state index contributed by atoms with van der Waals surface area (Å²) in [6.07, 6.45) is 5.79. The predicted molar refractivity (Wildman–Crippen MR) is 43.5 cm³/mol. The smallest absolute Gasteiger partial charge is 0.0198 e. The highest BCUT2D eigenvalue weighted by atomic mass is 14.4. The van der Waals surface area contributed by atoms with Crippen LogP contribution in [0.1, 0.15) is 32.6 Å². The summed E-state index contributed by atoms with van der Waals surface area (Å²) in [5, 5.41) is 0. The zero-order valence-electron chi connectivity index (χ0n) is 6.69. The lowest BCUT2D eigenvalue weighted by molar-refractivity contribution is 0.558. The maximum atomic E-state index is 4.02. The summed E-state index contributed by atoms with van der Waals surface area (Å²) in [7, 11) is 0. The van der Waals surface area contributed by atoms with Gasteiger partial charge < -0.3 is 0 Å². The highest BCUT2D eigenvalue weighted by Crippen LogP contribution is 2.48. The molecular weight excluding hydrogens is 120 g/mol. The third-order valence-corrected chi connectivity index (χ3v) is 3.09. The van der Waals surface area contributed by atoms with Gasteiger partial charge in [0.25, 0.3) is 0 Å². The van der Waals surface area contributed by atoms with Crippen LogP contribution < -0.4 is 0 Å². The highest BCUT2D eigenvalue weighted by molar-refractivity contribution is 5.23. The van der Waals surface area contributed by atoms with Crippen LogP contribution in [0.2, 0.25) is 0 Å². The number of allylic oxidation sites excluding steroid dienone is 2. The fourth-order valence-electron chi connectivity index (χ4n) is 2.58. The number of fused-ring (bicyclic) bond motifs is 2. The average molecular weight is 135 g/mol. The number of hydrogen-bond acceptors (Lipinski definition) is 0. The lowest BCUT2D eigenvalue weighted by atomic mass is 9.92. The highest BCUT2D eigenvalue weighted by Gasteiger charge is 2.35. The normalized spacial score (nSPS) is 42.6. The summed E-state index contributed by atoms with van der Waals surface area (Å²) in [4.78, 5) is 0. The topological polar surface area (TPSA) is 0 Å². The van der Waals surface area contributed by atoms with Crippen LogP contribution in [-0.2, 0) is 0 Å². The molecule has 0 aromatic heterocycles. The lowest BCUT2D eigenvalue weighted by Crippen LogP contribution is -1.99. The van der Waals surface area contributed by atoms with Gasteiger partial charge in [-0.1, -0.05) is 11.1 Å². The summed E-state index contributed by atoms with van der Waals surface area (Å²) >= 11 is 0. The van der Waals surface area contributed by atoms with E-state index >= 15 is 0 Å². The summed E-state index contributed by atoms with van der Waals surface area (Å²) in [6, 6.07) is 0. The second-order valence-electron chi connectivity index (χ2n) is 3.89. The first-order valence-corrected chi connectivity index (χ1v) is 4.29. The molecule has 2 rings (SSSR count). The quantitative estimate of drug-likeness (QED) is 0.479. The Morgan fingerprint density at radius 2 is 2.30 bits per heavy atom. The largest absolute Gasteiger partial charge is 0.0735 e. The molecule has 0 spiro atoms. The van der Waals surface area contributed by atoms with Crippen molar-refractivity contribution in [2.24, 2.45) is 11.8 Å². The van der Waals surface area contributed by atoms with Crippen molar-refractivity contribution in [3.63, 3.8) is 0 Å². The molecule has 0 heterocycles. The standard InChI is InChI=1S/C10H15/c1-7(2)10-6-8-3-4-9(10)5-8/h8-9H,1,3-6H2,2H3. The molecule has 0 aromatic rings. The maximum Gasteiger partial charge on any atom is -0.0198 e. The van der Waals surface area contributed by atoms with E-state index in [4.69, 9.17) is 0 Å². The zero-order valence-corrected chi connectivity index (χ0v) is 6.69. The summed E-state index contributed by atoms with van der Waals surface area (Å²) in [6.45, 7) is 6.18. The Bertz CT molecular complexity index is 172. The van der Waals surface area contributed by atoms with Gasteiger partial charge in [0.2, 0.25) is 0 Å². The van der Waals surface area contributed by atoms with Gasteiger partial charge in [-0.3, -0.25) is 0 Å². The zero-order chi connectivity index (χ0) is 7.14. The van der Waals surface area contributed by atoms with Crippen molar-refractivity contribution < 1.29 is 0 Å². The molecule has 1 radical (unpaired) electrons. The molecule has 2 fully saturated rings. The van der Waals surface area contributed by atoms with Crippen LogP contribution in [0.4, 0.5) is 0 Å². The van der Waals surface area contributed by atoms with Gasteiger partial charge in [-0.2, -0.15) is 0 Å². The predicted octanol–water partition coefficient (Wildman–Crippen LogP) is 2.96. The second-order valence-corrected chi connectivity index (χ2v) is 3.89. The van der Waals surface area contributed by atoms with E-state index in [9.17, 15) is 0 Å². The van der Waals surface area contributed by atoms with Crippen LogP contribution >= 0.6 is 0 Å². The first-order valence-electron chi connectivity index (χ1n) is 4.29. The Morgan fingerprint density at radius 3 is 2.60 bits per heavy atom. The Balaban J connectivity index is 2.23. The SMILES string of the molecule is [CH2]C(C)=C1CC2CCC1C2. The van der Waals surface area contributed by atoms with Crippen LogP contribution in [0, 0.1) is 18.8 Å². The monoisotopic (exact) mass is 135 g/mol. The van der Waals surface area contributed by atoms with Gasteiger partial charge in [0.15, 0.2) is 0 Å². The third-order valence-electron chi connectivity index (χ3n) is 3.09. The van der Waals surface area contributed by atoms with Gasteiger partial charge >= 0.3 is 0 Å². The van der Waals surface area contributed by atoms with Crippen LogP contribution in [0.15, 0.2) is 11.1 Å². The van der Waals surface area contributed by atoms with Crippen LogP contribution in [-0.4, -0.2) is 0 Å². The molecule has 2 saturated carbocycles. The van der Waals surface area contributed by atoms with E-state index in [0.29, 0.717) is 0 Å². The van der Waals surface area contributed by atoms with E-state index in [2.05, 4.69) is 13.8 Å². The van der Waals surface area contributed by atoms with Gasteiger partial charge in [0, 0.05) is 0 Å². The molecule has 2 aliphatic carbocycles. The summed E-state index contributed by atoms with van der Waals surface area (Å²) < 4.78 is 0. The van der Waals surface area contributed by atoms with Gasteiger partial charge in [0.05, 0.1) is 0 Å². The molecular formula is C10H15. The average Bonchev–Trinajstić information content (AvgIpc) is 2.44. The van der Waals surface area contributed by atoms with Crippen LogP contribution in [0.5, 0.6) is 0 Å². The van der Waals surface area contributed by atoms with E-state index in [1.54, 1.807) is 5.57 Å². The van der Waals surface area contributed by atoms with Crippen molar-refractivity contribution in [2.75, 3.05) is 0 Å². The second kappa shape index (κ2) is 2.11. The molecule has 0 N–H and O–H groups in total. The maximum absolute atomic E-state index is 4.02. The van der Waals surface area contributed by atoms with Crippen LogP contribution in [0.3, 0.4) is 0 Å². The fourth-order valence-corrected chi connectivity index (χ4v) is 2.58. The Morgan fingerprint density at radius 1 is 1.50 bits per heavy atom. The van der Waals surface area contributed by atoms with E-state index in [0.717, 1.165) is 11.8 Å². The molecule has 0 heteroatoms. The van der Waals surface area contributed by atoms with Gasteiger partial charge in [-0.15, -0.1) is 0 Å². The van der Waals surface area contributed by atoms with E-state index in [1.165, 1.54) is 31.3 Å². The van der Waals surface area contributed by atoms with E-state index in [-0.39, 0.29) is 0 Å². The fraction of sp³-hybridized carbons (Fsp3) is 0.700. The van der Waals surface area contributed by atoms with E-state index < -0.39 is 0 Å². The van der Waals surface area contributed by atoms with E-state index in [1.807, 2.05) is 0 Å². The van der Waals surface area contributed by atoms with Gasteiger partial charge in [-0.25, -0.2) is 0 Å². The van der Waals surface area contributed by atoms with Gasteiger partial charge in [-0.05, 0) is 51.4 Å². The Kier molecular flexibility index (Phi) is 1.36. The molecule has 0 nitrogen and oxygen atoms in total. The van der Waals surface area contributed by atoms with Crippen LogP contribution in [0.25, 0.3) is 0 Å². The molecule has 2 atom stereocenters. The summed E-state index contributed by atoms with van der Waals surface area (Å²) in [5.41, 5.74) is 3.04. The van der Waals surface area contributed by atoms with Crippen molar-refractivity contribution in [3.8, 4) is 0 Å². The van der Waals surface area contributed by atoms with Crippen molar-refractivity contribution in [1.29, 1.82) is 0 Å². The Hall–Kier alpha value is -0.260. The van der Waals surface area contributed by atoms with Crippen molar-refractivity contribution in [1.82, 2.24) is 0 Å². The third kappa shape index (κ3) is 0.817. The molecule has 2 unspecified atom stereocenters. The molecule has 0 aliphatic heterocycles. The van der Waals surface area contributed by atoms with Crippen molar-refractivity contribution in [2.45, 2.75) is 32.6 Å². The molecule has 0 saturated heterocycles. The lowest BCUT2D eigenvalue weighted by Gasteiger charge is -2.14. The molecule has 2 aliphatic rings. The summed E-state index contributed by atoms with van der Waals surface area (Å²) in [5.74, 6) is 1.99. The molecule has 10 heavy (non-hydrogen) atoms. The Labute approximate surface area is 63.3 Å². The molecule has 0 amide bonds. The first kappa shape index (κ1) is 6.45. The number of hydrogen-bond donors (Lipinski definition) is 0. The molecule has 2 bridgehead atoms. The van der Waals surface area contributed by atoms with Gasteiger partial charge in [0.1, 0.15) is 0 Å². The number of rotatable bonds is 0.